The molecule has 0 saturated carbocycles. The summed E-state index contributed by atoms with van der Waals surface area (Å²) in [4.78, 5) is 30.6. The smallest absolute Gasteiger partial charge is 0.412 e. The molecule has 0 fully saturated rings. The van der Waals surface area contributed by atoms with Gasteiger partial charge in [0.2, 0.25) is 11.7 Å². The van der Waals surface area contributed by atoms with Crippen molar-refractivity contribution in [3.63, 3.8) is 0 Å². The lowest BCUT2D eigenvalue weighted by atomic mass is 10.1. The Labute approximate surface area is 180 Å². The van der Waals surface area contributed by atoms with Gasteiger partial charge in [-0.2, -0.15) is 4.98 Å². The standard InChI is InChI=1S/C22H28N4O5/c1-6-7-10-30-18-17-11-15(19-23-14(4)31-24-19)8-9-16(17)21(27)26(12-13(2)3)20(18)25(5)22(28)29/h8-9,11,13H,6-7,10,12H2,1-5H3,(H,28,29). The van der Waals surface area contributed by atoms with Crippen molar-refractivity contribution in [3.8, 4) is 17.1 Å². The number of pyridine rings is 1. The molecular formula is C22H28N4O5. The number of nitrogens with zero attached hydrogens (tertiary/aromatic N) is 4. The molecule has 166 valence electrons. The zero-order valence-electron chi connectivity index (χ0n) is 18.5. The minimum atomic E-state index is -1.18. The second-order valence-corrected chi connectivity index (χ2v) is 7.90. The Hall–Kier alpha value is -3.36. The van der Waals surface area contributed by atoms with E-state index in [9.17, 15) is 14.7 Å². The summed E-state index contributed by atoms with van der Waals surface area (Å²) >= 11 is 0. The Morgan fingerprint density at radius 1 is 1.32 bits per heavy atom. The van der Waals surface area contributed by atoms with Crippen LogP contribution in [-0.2, 0) is 6.54 Å². The van der Waals surface area contributed by atoms with Crippen LogP contribution in [0.15, 0.2) is 27.5 Å². The minimum Gasteiger partial charge on any atom is -0.489 e. The summed E-state index contributed by atoms with van der Waals surface area (Å²) in [5.41, 5.74) is 0.375. The molecule has 1 aromatic carbocycles. The van der Waals surface area contributed by atoms with Gasteiger partial charge in [-0.05, 0) is 24.5 Å². The van der Waals surface area contributed by atoms with Crippen molar-refractivity contribution in [3.05, 3.63) is 34.4 Å². The molecule has 1 amide bonds. The number of aromatic nitrogens is 3. The number of carbonyl (C=O) groups is 1. The van der Waals surface area contributed by atoms with Crippen LogP contribution >= 0.6 is 0 Å². The molecular weight excluding hydrogens is 400 g/mol. The number of aryl methyl sites for hydroxylation is 1. The Morgan fingerprint density at radius 3 is 2.65 bits per heavy atom. The fourth-order valence-electron chi connectivity index (χ4n) is 3.38. The summed E-state index contributed by atoms with van der Waals surface area (Å²) in [5, 5.41) is 14.6. The first kappa shape index (κ1) is 22.3. The largest absolute Gasteiger partial charge is 0.489 e. The third-order valence-corrected chi connectivity index (χ3v) is 4.88. The van der Waals surface area contributed by atoms with E-state index in [4.69, 9.17) is 9.26 Å². The van der Waals surface area contributed by atoms with Crippen molar-refractivity contribution in [1.29, 1.82) is 0 Å². The van der Waals surface area contributed by atoms with Crippen molar-refractivity contribution < 1.29 is 19.2 Å². The van der Waals surface area contributed by atoms with Crippen LogP contribution in [0.3, 0.4) is 0 Å². The van der Waals surface area contributed by atoms with Crippen LogP contribution < -0.4 is 15.2 Å². The number of fused-ring (bicyclic) bond motifs is 1. The van der Waals surface area contributed by atoms with Gasteiger partial charge in [0, 0.05) is 31.5 Å². The van der Waals surface area contributed by atoms with E-state index in [2.05, 4.69) is 10.1 Å². The topological polar surface area (TPSA) is 111 Å². The SMILES string of the molecule is CCCCOc1c(N(C)C(=O)O)n(CC(C)C)c(=O)c2ccc(-c3noc(C)n3)cc12. The molecule has 0 aliphatic heterocycles. The van der Waals surface area contributed by atoms with Gasteiger partial charge >= 0.3 is 6.09 Å². The highest BCUT2D eigenvalue weighted by Gasteiger charge is 2.25. The number of carboxylic acid groups (broad SMARTS) is 1. The molecule has 0 spiro atoms. The number of unbranched alkanes of at least 4 members (excludes halogenated alkanes) is 1. The van der Waals surface area contributed by atoms with E-state index < -0.39 is 6.09 Å². The fraction of sp³-hybridized carbons (Fsp3) is 0.455. The minimum absolute atomic E-state index is 0.126. The molecule has 2 heterocycles. The molecule has 3 aromatic rings. The highest BCUT2D eigenvalue weighted by molar-refractivity contribution is 5.98. The molecule has 0 atom stereocenters. The lowest BCUT2D eigenvalue weighted by Gasteiger charge is -2.25. The average Bonchev–Trinajstić information content (AvgIpc) is 3.16. The second-order valence-electron chi connectivity index (χ2n) is 7.90. The molecule has 31 heavy (non-hydrogen) atoms. The molecule has 0 radical (unpaired) electrons. The van der Waals surface area contributed by atoms with Crippen LogP contribution in [0.25, 0.3) is 22.2 Å². The normalized spacial score (nSPS) is 11.3. The zero-order valence-corrected chi connectivity index (χ0v) is 18.5. The molecule has 2 aromatic heterocycles. The molecule has 0 aliphatic carbocycles. The van der Waals surface area contributed by atoms with E-state index in [1.165, 1.54) is 11.6 Å². The molecule has 9 nitrogen and oxygen atoms in total. The quantitative estimate of drug-likeness (QED) is 0.532. The highest BCUT2D eigenvalue weighted by Crippen LogP contribution is 2.36. The summed E-state index contributed by atoms with van der Waals surface area (Å²) in [6.07, 6.45) is 0.535. The van der Waals surface area contributed by atoms with Gasteiger partial charge in [-0.25, -0.2) is 4.79 Å². The van der Waals surface area contributed by atoms with Gasteiger partial charge < -0.3 is 14.4 Å². The third kappa shape index (κ3) is 4.55. The van der Waals surface area contributed by atoms with Gasteiger partial charge in [0.1, 0.15) is 0 Å². The fourth-order valence-corrected chi connectivity index (χ4v) is 3.38. The average molecular weight is 428 g/mol. The van der Waals surface area contributed by atoms with Crippen LogP contribution in [0.4, 0.5) is 10.6 Å². The van der Waals surface area contributed by atoms with Gasteiger partial charge in [-0.1, -0.05) is 38.4 Å². The van der Waals surface area contributed by atoms with Crippen LogP contribution in [0.1, 0.15) is 39.5 Å². The Kier molecular flexibility index (Phi) is 6.62. The number of hydrogen-bond donors (Lipinski definition) is 1. The number of hydrogen-bond acceptors (Lipinski definition) is 6. The van der Waals surface area contributed by atoms with Crippen LogP contribution in [0.5, 0.6) is 5.75 Å². The Balaban J connectivity index is 2.35. The number of anilines is 1. The second kappa shape index (κ2) is 9.20. The highest BCUT2D eigenvalue weighted by atomic mass is 16.5. The summed E-state index contributed by atoms with van der Waals surface area (Å²) in [7, 11) is 1.42. The van der Waals surface area contributed by atoms with Crippen LogP contribution in [0, 0.1) is 12.8 Å². The Bertz CT molecular complexity index is 1150. The maximum Gasteiger partial charge on any atom is 0.412 e. The molecule has 0 unspecified atom stereocenters. The number of amides is 1. The molecule has 0 saturated heterocycles. The summed E-state index contributed by atoms with van der Waals surface area (Å²) in [5.74, 6) is 1.51. The summed E-state index contributed by atoms with van der Waals surface area (Å²) in [6, 6.07) is 5.21. The van der Waals surface area contributed by atoms with E-state index in [1.54, 1.807) is 25.1 Å². The van der Waals surface area contributed by atoms with Gasteiger partial charge in [-0.3, -0.25) is 14.3 Å². The molecule has 0 bridgehead atoms. The van der Waals surface area contributed by atoms with E-state index in [0.29, 0.717) is 47.0 Å². The monoisotopic (exact) mass is 428 g/mol. The lowest BCUT2D eigenvalue weighted by Crippen LogP contribution is -2.34. The maximum absolute atomic E-state index is 13.4. The van der Waals surface area contributed by atoms with E-state index in [-0.39, 0.29) is 17.3 Å². The predicted molar refractivity (Wildman–Crippen MR) is 118 cm³/mol. The van der Waals surface area contributed by atoms with Gasteiger partial charge in [-0.15, -0.1) is 0 Å². The third-order valence-electron chi connectivity index (χ3n) is 4.88. The maximum atomic E-state index is 13.4. The van der Waals surface area contributed by atoms with Crippen molar-refractivity contribution in [2.24, 2.45) is 5.92 Å². The zero-order chi connectivity index (χ0) is 22.7. The number of benzene rings is 1. The van der Waals surface area contributed by atoms with E-state index >= 15 is 0 Å². The van der Waals surface area contributed by atoms with E-state index in [1.807, 2.05) is 20.8 Å². The van der Waals surface area contributed by atoms with E-state index in [0.717, 1.165) is 17.7 Å². The van der Waals surface area contributed by atoms with Crippen LogP contribution in [-0.4, -0.2) is 39.6 Å². The van der Waals surface area contributed by atoms with Crippen molar-refractivity contribution in [1.82, 2.24) is 14.7 Å². The first-order valence-corrected chi connectivity index (χ1v) is 10.3. The molecule has 9 heteroatoms. The summed E-state index contributed by atoms with van der Waals surface area (Å²) < 4.78 is 12.7. The number of rotatable bonds is 8. The summed E-state index contributed by atoms with van der Waals surface area (Å²) in [6.45, 7) is 8.44. The Morgan fingerprint density at radius 2 is 2.06 bits per heavy atom. The number of ether oxygens (including phenoxy) is 1. The van der Waals surface area contributed by atoms with Gasteiger partial charge in [0.05, 0.1) is 12.0 Å². The van der Waals surface area contributed by atoms with Gasteiger partial charge in [0.15, 0.2) is 11.6 Å². The molecule has 1 N–H and O–H groups in total. The predicted octanol–water partition coefficient (Wildman–Crippen LogP) is 4.31. The van der Waals surface area contributed by atoms with Crippen molar-refractivity contribution >= 4 is 22.7 Å². The van der Waals surface area contributed by atoms with Crippen LogP contribution in [0.2, 0.25) is 0 Å². The first-order chi connectivity index (χ1) is 14.7. The molecule has 0 aliphatic rings. The van der Waals surface area contributed by atoms with Gasteiger partial charge in [0.25, 0.3) is 5.56 Å². The first-order valence-electron chi connectivity index (χ1n) is 10.3. The molecule has 3 rings (SSSR count). The van der Waals surface area contributed by atoms with Crippen molar-refractivity contribution in [2.45, 2.75) is 47.1 Å². The lowest BCUT2D eigenvalue weighted by molar-refractivity contribution is 0.202. The van der Waals surface area contributed by atoms with Crippen molar-refractivity contribution in [2.75, 3.05) is 18.6 Å².